The third-order valence-corrected chi connectivity index (χ3v) is 6.38. The molecule has 3 rings (SSSR count). The summed E-state index contributed by atoms with van der Waals surface area (Å²) in [4.78, 5) is 16.0. The standard InChI is InChI=1S/C22H23NO3S/c1-4-23(5-2)22(25)19-15(3)21(27(26)16-11-7-6-8-12-16)18-14-10-9-13-17(18)20(19)24/h6-14,24H,4-5H2,1-3H3. The van der Waals surface area contributed by atoms with Crippen LogP contribution in [0.1, 0.15) is 29.8 Å². The number of carbonyl (C=O) groups is 1. The number of phenolic OH excluding ortho intramolecular Hbond substituents is 1. The van der Waals surface area contributed by atoms with E-state index in [9.17, 15) is 14.1 Å². The van der Waals surface area contributed by atoms with Gasteiger partial charge in [-0.15, -0.1) is 0 Å². The molecule has 0 heterocycles. The Kier molecular flexibility index (Phi) is 5.61. The van der Waals surface area contributed by atoms with E-state index in [1.54, 1.807) is 24.0 Å². The second kappa shape index (κ2) is 7.92. The van der Waals surface area contributed by atoms with Crippen molar-refractivity contribution in [1.82, 2.24) is 4.90 Å². The molecule has 0 radical (unpaired) electrons. The van der Waals surface area contributed by atoms with E-state index in [1.165, 1.54) is 0 Å². The zero-order chi connectivity index (χ0) is 19.6. The maximum absolute atomic E-state index is 13.4. The lowest BCUT2D eigenvalue weighted by atomic mass is 9.99. The van der Waals surface area contributed by atoms with Crippen LogP contribution in [0.4, 0.5) is 0 Å². The van der Waals surface area contributed by atoms with Gasteiger partial charge in [0.05, 0.1) is 21.3 Å². The number of carbonyl (C=O) groups excluding carboxylic acids is 1. The first kappa shape index (κ1) is 19.1. The smallest absolute Gasteiger partial charge is 0.257 e. The van der Waals surface area contributed by atoms with Gasteiger partial charge in [-0.3, -0.25) is 4.79 Å². The van der Waals surface area contributed by atoms with Gasteiger partial charge in [0.25, 0.3) is 5.91 Å². The van der Waals surface area contributed by atoms with Gasteiger partial charge >= 0.3 is 0 Å². The van der Waals surface area contributed by atoms with E-state index in [0.717, 1.165) is 0 Å². The van der Waals surface area contributed by atoms with Crippen molar-refractivity contribution in [3.05, 3.63) is 65.7 Å². The average Bonchev–Trinajstić information content (AvgIpc) is 2.69. The minimum absolute atomic E-state index is 0.0474. The summed E-state index contributed by atoms with van der Waals surface area (Å²) in [5.41, 5.74) is 0.793. The topological polar surface area (TPSA) is 57.6 Å². The number of hydrogen-bond acceptors (Lipinski definition) is 3. The molecule has 0 saturated heterocycles. The molecule has 140 valence electrons. The van der Waals surface area contributed by atoms with Crippen LogP contribution in [0, 0.1) is 6.92 Å². The SMILES string of the molecule is CCN(CC)C(=O)c1c(C)c(S(=O)c2ccccc2)c2ccccc2c1O. The van der Waals surface area contributed by atoms with Gasteiger partial charge in [-0.25, -0.2) is 4.21 Å². The van der Waals surface area contributed by atoms with Crippen molar-refractivity contribution < 1.29 is 14.1 Å². The molecule has 0 aliphatic rings. The van der Waals surface area contributed by atoms with Crippen LogP contribution >= 0.6 is 0 Å². The molecule has 0 bridgehead atoms. The number of hydrogen-bond donors (Lipinski definition) is 1. The van der Waals surface area contributed by atoms with Crippen LogP contribution in [0.3, 0.4) is 0 Å². The van der Waals surface area contributed by atoms with Crippen LogP contribution in [0.25, 0.3) is 10.8 Å². The Morgan fingerprint density at radius 2 is 1.52 bits per heavy atom. The second-order valence-electron chi connectivity index (χ2n) is 6.28. The maximum atomic E-state index is 13.4. The lowest BCUT2D eigenvalue weighted by molar-refractivity contribution is 0.0769. The monoisotopic (exact) mass is 381 g/mol. The summed E-state index contributed by atoms with van der Waals surface area (Å²) in [5, 5.41) is 12.1. The second-order valence-corrected chi connectivity index (χ2v) is 7.70. The molecule has 0 fully saturated rings. The average molecular weight is 381 g/mol. The van der Waals surface area contributed by atoms with Crippen LogP contribution in [-0.2, 0) is 10.8 Å². The molecule has 0 aliphatic heterocycles. The molecule has 4 nitrogen and oxygen atoms in total. The third kappa shape index (κ3) is 3.35. The Bertz CT molecular complexity index is 1010. The van der Waals surface area contributed by atoms with Crippen LogP contribution in [0.5, 0.6) is 5.75 Å². The molecular formula is C22H23NO3S. The number of aromatic hydroxyl groups is 1. The summed E-state index contributed by atoms with van der Waals surface area (Å²) in [7, 11) is -1.47. The molecule has 1 amide bonds. The van der Waals surface area contributed by atoms with Crippen molar-refractivity contribution in [2.75, 3.05) is 13.1 Å². The van der Waals surface area contributed by atoms with Crippen LogP contribution in [-0.4, -0.2) is 33.2 Å². The predicted octanol–water partition coefficient (Wildman–Crippen LogP) is 4.50. The Labute approximate surface area is 161 Å². The number of benzene rings is 3. The van der Waals surface area contributed by atoms with Gasteiger partial charge in [0.2, 0.25) is 0 Å². The first-order valence-corrected chi connectivity index (χ1v) is 10.2. The lowest BCUT2D eigenvalue weighted by Gasteiger charge is -2.23. The zero-order valence-corrected chi connectivity index (χ0v) is 16.5. The van der Waals surface area contributed by atoms with Crippen molar-refractivity contribution >= 4 is 27.5 Å². The van der Waals surface area contributed by atoms with Gasteiger partial charge in [-0.2, -0.15) is 0 Å². The van der Waals surface area contributed by atoms with Crippen molar-refractivity contribution in [3.63, 3.8) is 0 Å². The molecule has 1 atom stereocenters. The van der Waals surface area contributed by atoms with Gasteiger partial charge in [0.15, 0.2) is 0 Å². The fraction of sp³-hybridized carbons (Fsp3) is 0.227. The molecule has 0 saturated carbocycles. The van der Waals surface area contributed by atoms with E-state index in [0.29, 0.717) is 39.2 Å². The highest BCUT2D eigenvalue weighted by molar-refractivity contribution is 7.85. The van der Waals surface area contributed by atoms with E-state index in [1.807, 2.05) is 56.3 Å². The van der Waals surface area contributed by atoms with Gasteiger partial charge in [0.1, 0.15) is 5.75 Å². The molecule has 3 aromatic carbocycles. The molecule has 0 spiro atoms. The van der Waals surface area contributed by atoms with Crippen LogP contribution in [0.2, 0.25) is 0 Å². The van der Waals surface area contributed by atoms with E-state index in [4.69, 9.17) is 0 Å². The highest BCUT2D eigenvalue weighted by Crippen LogP contribution is 2.38. The normalized spacial score (nSPS) is 12.1. The van der Waals surface area contributed by atoms with E-state index >= 15 is 0 Å². The summed E-state index contributed by atoms with van der Waals surface area (Å²) < 4.78 is 13.4. The summed E-state index contributed by atoms with van der Waals surface area (Å²) in [6.07, 6.45) is 0. The van der Waals surface area contributed by atoms with Gasteiger partial charge < -0.3 is 10.0 Å². The fourth-order valence-electron chi connectivity index (χ4n) is 3.35. The Morgan fingerprint density at radius 3 is 2.11 bits per heavy atom. The minimum Gasteiger partial charge on any atom is -0.506 e. The fourth-order valence-corrected chi connectivity index (χ4v) is 4.74. The molecule has 27 heavy (non-hydrogen) atoms. The van der Waals surface area contributed by atoms with Gasteiger partial charge in [-0.05, 0) is 38.5 Å². The number of amides is 1. The highest BCUT2D eigenvalue weighted by Gasteiger charge is 2.26. The van der Waals surface area contributed by atoms with Crippen molar-refractivity contribution in [2.45, 2.75) is 30.6 Å². The Balaban J connectivity index is 2.33. The minimum atomic E-state index is -1.47. The first-order chi connectivity index (χ1) is 13.0. The summed E-state index contributed by atoms with van der Waals surface area (Å²) in [6.45, 7) is 6.64. The van der Waals surface area contributed by atoms with E-state index < -0.39 is 10.8 Å². The molecule has 1 unspecified atom stereocenters. The molecule has 3 aromatic rings. The third-order valence-electron chi connectivity index (χ3n) is 4.79. The van der Waals surface area contributed by atoms with Crippen LogP contribution in [0.15, 0.2) is 64.4 Å². The quantitative estimate of drug-likeness (QED) is 0.708. The maximum Gasteiger partial charge on any atom is 0.257 e. The molecule has 5 heteroatoms. The predicted molar refractivity (Wildman–Crippen MR) is 109 cm³/mol. The molecular weight excluding hydrogens is 358 g/mol. The number of fused-ring (bicyclic) bond motifs is 1. The van der Waals surface area contributed by atoms with E-state index in [2.05, 4.69) is 0 Å². The summed E-state index contributed by atoms with van der Waals surface area (Å²) in [5.74, 6) is -0.291. The van der Waals surface area contributed by atoms with Crippen molar-refractivity contribution in [1.29, 1.82) is 0 Å². The highest BCUT2D eigenvalue weighted by atomic mass is 32.2. The number of phenols is 1. The number of nitrogens with zero attached hydrogens (tertiary/aromatic N) is 1. The van der Waals surface area contributed by atoms with Crippen molar-refractivity contribution in [2.24, 2.45) is 0 Å². The van der Waals surface area contributed by atoms with Crippen LogP contribution < -0.4 is 0 Å². The molecule has 1 N–H and O–H groups in total. The van der Waals surface area contributed by atoms with Gasteiger partial charge in [0, 0.05) is 28.8 Å². The Hall–Kier alpha value is -2.66. The zero-order valence-electron chi connectivity index (χ0n) is 15.7. The first-order valence-electron chi connectivity index (χ1n) is 9.01. The van der Waals surface area contributed by atoms with Crippen molar-refractivity contribution in [3.8, 4) is 5.75 Å². The molecule has 0 aromatic heterocycles. The lowest BCUT2D eigenvalue weighted by Crippen LogP contribution is -2.31. The van der Waals surface area contributed by atoms with E-state index in [-0.39, 0.29) is 17.2 Å². The summed E-state index contributed by atoms with van der Waals surface area (Å²) in [6, 6.07) is 16.4. The van der Waals surface area contributed by atoms with Gasteiger partial charge in [-0.1, -0.05) is 42.5 Å². The summed E-state index contributed by atoms with van der Waals surface area (Å²) >= 11 is 0. The number of rotatable bonds is 5. The molecule has 0 aliphatic carbocycles. The largest absolute Gasteiger partial charge is 0.506 e. The Morgan fingerprint density at radius 1 is 0.963 bits per heavy atom.